The van der Waals surface area contributed by atoms with Gasteiger partial charge in [0.15, 0.2) is 4.05 Å². The molecule has 240 valence electrons. The molecule has 0 aliphatic heterocycles. The van der Waals surface area contributed by atoms with E-state index in [1.54, 1.807) is 54.9 Å². The fraction of sp³-hybridized carbons (Fsp3) is 0.286. The first-order valence-electron chi connectivity index (χ1n) is 13.1. The number of carbonyl (C=O) groups excluding carboxylic acids is 6. The second kappa shape index (κ2) is 17.7. The van der Waals surface area contributed by atoms with Crippen LogP contribution in [0, 0.1) is 5.41 Å². The number of benzene rings is 2. The molecule has 0 saturated heterocycles. The number of alkyl halides is 1. The Balaban J connectivity index is 2.11. The number of carbonyl (C=O) groups is 6. The van der Waals surface area contributed by atoms with Crippen molar-refractivity contribution in [2.24, 2.45) is 10.7 Å². The number of rotatable bonds is 11. The standard InChI is InChI=1S/C28H32IN7O8S/c1-15(37)32-19(23(39)34-27(30)35-28(31)36(3)4)13-14-45-26(42)18-10-6-8-12-21(18)43-24(40)17-9-5-7-11-20(17)44-25(41)22(29)33-16(2)38/h5-12,19,22H,13-14H2,1-4H3,(H,32,37)(H,33,38)(H4,30,31,34,35,39). The minimum Gasteiger partial charge on any atom is -0.423 e. The maximum atomic E-state index is 13.1. The quantitative estimate of drug-likeness (QED) is 0.0420. The lowest BCUT2D eigenvalue weighted by atomic mass is 10.2. The fourth-order valence-corrected chi connectivity index (χ4v) is 4.75. The van der Waals surface area contributed by atoms with Gasteiger partial charge in [-0.3, -0.25) is 29.9 Å². The number of thioether (sulfide) groups is 1. The molecule has 45 heavy (non-hydrogen) atoms. The molecule has 0 spiro atoms. The largest absolute Gasteiger partial charge is 0.423 e. The van der Waals surface area contributed by atoms with Crippen molar-refractivity contribution in [3.05, 3.63) is 59.7 Å². The third-order valence-corrected chi connectivity index (χ3v) is 7.14. The summed E-state index contributed by atoms with van der Waals surface area (Å²) in [5, 5.41) is 14.4. The second-order valence-electron chi connectivity index (χ2n) is 9.25. The minimum absolute atomic E-state index is 0.0250. The molecule has 17 heteroatoms. The summed E-state index contributed by atoms with van der Waals surface area (Å²) in [6, 6.07) is 10.8. The highest BCUT2D eigenvalue weighted by molar-refractivity contribution is 14.1. The van der Waals surface area contributed by atoms with Crippen molar-refractivity contribution in [1.29, 1.82) is 5.41 Å². The van der Waals surface area contributed by atoms with E-state index in [9.17, 15) is 28.8 Å². The fourth-order valence-electron chi connectivity index (χ4n) is 3.32. The topological polar surface area (TPSA) is 222 Å². The predicted octanol–water partition coefficient (Wildman–Crippen LogP) is 1.40. The predicted molar refractivity (Wildman–Crippen MR) is 175 cm³/mol. The van der Waals surface area contributed by atoms with Gasteiger partial charge in [-0.05, 0) is 53.3 Å². The summed E-state index contributed by atoms with van der Waals surface area (Å²) in [7, 11) is 3.14. The molecule has 0 aromatic heterocycles. The van der Waals surface area contributed by atoms with Crippen molar-refractivity contribution in [2.75, 3.05) is 19.8 Å². The van der Waals surface area contributed by atoms with Crippen LogP contribution < -0.4 is 31.2 Å². The van der Waals surface area contributed by atoms with Gasteiger partial charge < -0.3 is 30.7 Å². The lowest BCUT2D eigenvalue weighted by molar-refractivity contribution is -0.136. The summed E-state index contributed by atoms with van der Waals surface area (Å²) in [5.41, 5.74) is 5.65. The minimum atomic E-state index is -1.06. The Labute approximate surface area is 276 Å². The van der Waals surface area contributed by atoms with Crippen molar-refractivity contribution in [1.82, 2.24) is 20.9 Å². The molecular weight excluding hydrogens is 721 g/mol. The first-order chi connectivity index (χ1) is 21.2. The number of nitrogens with two attached hydrogens (primary N) is 1. The number of nitrogens with zero attached hydrogens (tertiary/aromatic N) is 2. The number of hydrogen-bond donors (Lipinski definition) is 5. The van der Waals surface area contributed by atoms with E-state index in [2.05, 4.69) is 20.9 Å². The molecule has 0 radical (unpaired) electrons. The zero-order valence-electron chi connectivity index (χ0n) is 24.7. The van der Waals surface area contributed by atoms with E-state index in [-0.39, 0.29) is 46.7 Å². The van der Waals surface area contributed by atoms with Gasteiger partial charge in [-0.1, -0.05) is 36.0 Å². The van der Waals surface area contributed by atoms with Gasteiger partial charge in [-0.25, -0.2) is 9.59 Å². The van der Waals surface area contributed by atoms with E-state index in [0.29, 0.717) is 0 Å². The number of para-hydroxylation sites is 2. The zero-order chi connectivity index (χ0) is 33.7. The molecule has 0 heterocycles. The van der Waals surface area contributed by atoms with Gasteiger partial charge in [-0.2, -0.15) is 4.99 Å². The van der Waals surface area contributed by atoms with Crippen LogP contribution in [-0.4, -0.2) is 81.5 Å². The zero-order valence-corrected chi connectivity index (χ0v) is 27.7. The average Bonchev–Trinajstić information content (AvgIpc) is 2.96. The molecule has 2 rings (SSSR count). The van der Waals surface area contributed by atoms with Crippen molar-refractivity contribution < 1.29 is 38.2 Å². The van der Waals surface area contributed by atoms with Crippen LogP contribution in [0.5, 0.6) is 11.5 Å². The summed E-state index contributed by atoms with van der Waals surface area (Å²) in [6.07, 6.45) is 0.0250. The summed E-state index contributed by atoms with van der Waals surface area (Å²) in [5.74, 6) is -3.97. The maximum Gasteiger partial charge on any atom is 0.347 e. The maximum absolute atomic E-state index is 13.1. The Morgan fingerprint density at radius 3 is 2.07 bits per heavy atom. The highest BCUT2D eigenvalue weighted by Gasteiger charge is 2.25. The molecule has 2 aromatic rings. The van der Waals surface area contributed by atoms with Crippen molar-refractivity contribution in [3.8, 4) is 11.5 Å². The van der Waals surface area contributed by atoms with Crippen LogP contribution in [0.3, 0.4) is 0 Å². The van der Waals surface area contributed by atoms with Gasteiger partial charge in [0, 0.05) is 33.7 Å². The molecule has 3 amide bonds. The van der Waals surface area contributed by atoms with Crippen LogP contribution in [0.25, 0.3) is 0 Å². The molecule has 0 fully saturated rings. The Morgan fingerprint density at radius 1 is 0.933 bits per heavy atom. The number of guanidine groups is 2. The Kier molecular flexibility index (Phi) is 14.4. The molecule has 2 unspecified atom stereocenters. The van der Waals surface area contributed by atoms with Crippen LogP contribution in [0.4, 0.5) is 0 Å². The van der Waals surface area contributed by atoms with Crippen LogP contribution >= 0.6 is 34.4 Å². The second-order valence-corrected chi connectivity index (χ2v) is 11.6. The first-order valence-corrected chi connectivity index (χ1v) is 15.3. The van der Waals surface area contributed by atoms with Crippen molar-refractivity contribution in [2.45, 2.75) is 30.4 Å². The van der Waals surface area contributed by atoms with Gasteiger partial charge in [0.2, 0.25) is 34.8 Å². The van der Waals surface area contributed by atoms with E-state index in [4.69, 9.17) is 20.6 Å². The number of hydrogen-bond acceptors (Lipinski definition) is 10. The van der Waals surface area contributed by atoms with Crippen LogP contribution in [-0.2, 0) is 19.2 Å². The van der Waals surface area contributed by atoms with Gasteiger partial charge in [0.25, 0.3) is 0 Å². The van der Waals surface area contributed by atoms with Crippen molar-refractivity contribution in [3.63, 3.8) is 0 Å². The normalized spacial score (nSPS) is 12.2. The lowest BCUT2D eigenvalue weighted by Crippen LogP contribution is -2.50. The highest BCUT2D eigenvalue weighted by atomic mass is 127. The third kappa shape index (κ3) is 12.2. The molecule has 2 aromatic carbocycles. The van der Waals surface area contributed by atoms with Gasteiger partial charge in [0.1, 0.15) is 23.1 Å². The first kappa shape index (κ1) is 36.7. The molecular formula is C28H32IN7O8S. The molecule has 6 N–H and O–H groups in total. The smallest absolute Gasteiger partial charge is 0.347 e. The third-order valence-electron chi connectivity index (χ3n) is 5.40. The number of nitrogens with one attached hydrogen (secondary N) is 4. The van der Waals surface area contributed by atoms with Gasteiger partial charge in [0.05, 0.1) is 5.56 Å². The Hall–Kier alpha value is -4.52. The summed E-state index contributed by atoms with van der Waals surface area (Å²) in [4.78, 5) is 79.3. The van der Waals surface area contributed by atoms with E-state index in [1.807, 2.05) is 0 Å². The molecule has 0 bridgehead atoms. The average molecular weight is 754 g/mol. The number of aliphatic imine (C=N–C) groups is 1. The van der Waals surface area contributed by atoms with E-state index < -0.39 is 44.9 Å². The molecule has 0 saturated carbocycles. The van der Waals surface area contributed by atoms with Gasteiger partial charge in [-0.15, -0.1) is 0 Å². The summed E-state index contributed by atoms with van der Waals surface area (Å²) in [6.45, 7) is 2.47. The van der Waals surface area contributed by atoms with Crippen LogP contribution in [0.15, 0.2) is 53.5 Å². The SMILES string of the molecule is CC(=O)NC(I)C(=O)Oc1ccccc1C(=O)Oc1ccccc1C(=O)SCCC(NC(C)=O)C(=O)N/C(N)=N/C(=N)N(C)C. The lowest BCUT2D eigenvalue weighted by Gasteiger charge is -2.17. The monoisotopic (exact) mass is 753 g/mol. The van der Waals surface area contributed by atoms with E-state index >= 15 is 0 Å². The van der Waals surface area contributed by atoms with Crippen molar-refractivity contribution >= 4 is 81.0 Å². The Morgan fingerprint density at radius 2 is 1.49 bits per heavy atom. The molecule has 0 aliphatic rings. The number of ether oxygens (including phenoxy) is 2. The molecule has 2 atom stereocenters. The van der Waals surface area contributed by atoms with Crippen LogP contribution in [0.2, 0.25) is 0 Å². The van der Waals surface area contributed by atoms with E-state index in [0.717, 1.165) is 11.8 Å². The van der Waals surface area contributed by atoms with Crippen LogP contribution in [0.1, 0.15) is 41.0 Å². The van der Waals surface area contributed by atoms with E-state index in [1.165, 1.54) is 49.1 Å². The summed E-state index contributed by atoms with van der Waals surface area (Å²) < 4.78 is 9.80. The summed E-state index contributed by atoms with van der Waals surface area (Å²) >= 11 is 2.50. The Bertz CT molecular complexity index is 1500. The number of esters is 2. The number of halogens is 1. The number of amides is 3. The van der Waals surface area contributed by atoms with Gasteiger partial charge >= 0.3 is 11.9 Å². The molecule has 0 aliphatic carbocycles. The molecule has 15 nitrogen and oxygen atoms in total. The highest BCUT2D eigenvalue weighted by Crippen LogP contribution is 2.27.